The standard InChI is InChI=1S/C15H17Cl2N3O/c1-2-11(10-18)19-6-8-20(9-7-19)15(21)12-4-3-5-13(16)14(12)17/h3-5,11H,2,6-9H2,1H3. The van der Waals surface area contributed by atoms with E-state index >= 15 is 0 Å². The van der Waals surface area contributed by atoms with E-state index in [4.69, 9.17) is 28.5 Å². The average Bonchev–Trinajstić information content (AvgIpc) is 2.51. The molecule has 1 aromatic carbocycles. The third-order valence-electron chi connectivity index (χ3n) is 3.76. The van der Waals surface area contributed by atoms with Gasteiger partial charge in [-0.25, -0.2) is 0 Å². The zero-order valence-corrected chi connectivity index (χ0v) is 13.4. The highest BCUT2D eigenvalue weighted by molar-refractivity contribution is 6.43. The highest BCUT2D eigenvalue weighted by Crippen LogP contribution is 2.26. The molecule has 0 saturated carbocycles. The number of nitrogens with zero attached hydrogens (tertiary/aromatic N) is 3. The van der Waals surface area contributed by atoms with Crippen molar-refractivity contribution in [3.8, 4) is 6.07 Å². The molecule has 1 aliphatic heterocycles. The number of hydrogen-bond acceptors (Lipinski definition) is 3. The summed E-state index contributed by atoms with van der Waals surface area (Å²) >= 11 is 12.1. The van der Waals surface area contributed by atoms with Gasteiger partial charge in [-0.05, 0) is 18.6 Å². The van der Waals surface area contributed by atoms with Gasteiger partial charge in [-0.1, -0.05) is 36.2 Å². The molecule has 0 aromatic heterocycles. The quantitative estimate of drug-likeness (QED) is 0.858. The van der Waals surface area contributed by atoms with Crippen LogP contribution in [0.4, 0.5) is 0 Å². The Hall–Kier alpha value is -1.28. The third kappa shape index (κ3) is 3.49. The van der Waals surface area contributed by atoms with E-state index in [0.717, 1.165) is 6.42 Å². The van der Waals surface area contributed by atoms with Crippen molar-refractivity contribution in [3.05, 3.63) is 33.8 Å². The molecule has 2 rings (SSSR count). The number of amides is 1. The minimum absolute atomic E-state index is 0.0722. The second-order valence-electron chi connectivity index (χ2n) is 4.98. The lowest BCUT2D eigenvalue weighted by atomic mass is 10.1. The Morgan fingerprint density at radius 3 is 2.57 bits per heavy atom. The Bertz CT molecular complexity index is 563. The van der Waals surface area contributed by atoms with Crippen molar-refractivity contribution in [2.75, 3.05) is 26.2 Å². The second-order valence-corrected chi connectivity index (χ2v) is 5.77. The fourth-order valence-corrected chi connectivity index (χ4v) is 2.89. The van der Waals surface area contributed by atoms with Crippen LogP contribution < -0.4 is 0 Å². The zero-order chi connectivity index (χ0) is 15.4. The number of piperazine rings is 1. The molecule has 0 bridgehead atoms. The van der Waals surface area contributed by atoms with E-state index in [9.17, 15) is 4.79 Å². The minimum atomic E-state index is -0.104. The molecule has 0 radical (unpaired) electrons. The topological polar surface area (TPSA) is 47.3 Å². The summed E-state index contributed by atoms with van der Waals surface area (Å²) in [6.07, 6.45) is 0.796. The Kier molecular flexibility index (Phi) is 5.46. The normalized spacial score (nSPS) is 17.3. The van der Waals surface area contributed by atoms with Gasteiger partial charge in [-0.15, -0.1) is 0 Å². The predicted molar refractivity (Wildman–Crippen MR) is 83.6 cm³/mol. The fraction of sp³-hybridized carbons (Fsp3) is 0.467. The van der Waals surface area contributed by atoms with Gasteiger partial charge in [0.1, 0.15) is 0 Å². The highest BCUT2D eigenvalue weighted by atomic mass is 35.5. The molecule has 0 N–H and O–H groups in total. The van der Waals surface area contributed by atoms with Gasteiger partial charge >= 0.3 is 0 Å². The number of hydrogen-bond donors (Lipinski definition) is 0. The molecule has 112 valence electrons. The van der Waals surface area contributed by atoms with E-state index in [0.29, 0.717) is 41.8 Å². The molecule has 0 spiro atoms. The first kappa shape index (κ1) is 16.1. The summed E-state index contributed by atoms with van der Waals surface area (Å²) in [6.45, 7) is 4.60. The molecular formula is C15H17Cl2N3O. The van der Waals surface area contributed by atoms with Gasteiger partial charge in [0.05, 0.1) is 27.7 Å². The summed E-state index contributed by atoms with van der Waals surface area (Å²) in [5.74, 6) is -0.104. The van der Waals surface area contributed by atoms with Crippen LogP contribution in [0.15, 0.2) is 18.2 Å². The van der Waals surface area contributed by atoms with E-state index in [2.05, 4.69) is 11.0 Å². The molecule has 1 amide bonds. The van der Waals surface area contributed by atoms with E-state index in [1.807, 2.05) is 6.92 Å². The molecule has 1 saturated heterocycles. The lowest BCUT2D eigenvalue weighted by Crippen LogP contribution is -2.51. The van der Waals surface area contributed by atoms with Crippen molar-refractivity contribution in [1.82, 2.24) is 9.80 Å². The predicted octanol–water partition coefficient (Wildman–Crippen LogP) is 3.05. The second kappa shape index (κ2) is 7.13. The van der Waals surface area contributed by atoms with Gasteiger partial charge in [0.15, 0.2) is 0 Å². The molecule has 1 atom stereocenters. The lowest BCUT2D eigenvalue weighted by Gasteiger charge is -2.36. The highest BCUT2D eigenvalue weighted by Gasteiger charge is 2.26. The van der Waals surface area contributed by atoms with Crippen molar-refractivity contribution < 1.29 is 4.79 Å². The maximum Gasteiger partial charge on any atom is 0.255 e. The SMILES string of the molecule is CCC(C#N)N1CCN(C(=O)c2cccc(Cl)c2Cl)CC1. The van der Waals surface area contributed by atoms with Crippen LogP contribution in [-0.2, 0) is 0 Å². The number of rotatable bonds is 3. The smallest absolute Gasteiger partial charge is 0.255 e. The van der Waals surface area contributed by atoms with Crippen LogP contribution in [0.3, 0.4) is 0 Å². The van der Waals surface area contributed by atoms with Crippen LogP contribution in [0.25, 0.3) is 0 Å². The Labute approximate surface area is 134 Å². The van der Waals surface area contributed by atoms with Crippen LogP contribution in [0, 0.1) is 11.3 Å². The van der Waals surface area contributed by atoms with Gasteiger partial charge in [-0.3, -0.25) is 9.69 Å². The molecule has 1 fully saturated rings. The zero-order valence-electron chi connectivity index (χ0n) is 11.9. The molecule has 1 heterocycles. The van der Waals surface area contributed by atoms with Gasteiger partial charge in [0.2, 0.25) is 0 Å². The third-order valence-corrected chi connectivity index (χ3v) is 4.58. The first-order valence-electron chi connectivity index (χ1n) is 6.95. The number of halogens is 2. The summed E-state index contributed by atoms with van der Waals surface area (Å²) < 4.78 is 0. The Morgan fingerprint density at radius 2 is 2.00 bits per heavy atom. The molecule has 1 unspecified atom stereocenters. The Balaban J connectivity index is 2.04. The molecule has 1 aliphatic rings. The maximum atomic E-state index is 12.5. The Morgan fingerprint density at radius 1 is 1.33 bits per heavy atom. The van der Waals surface area contributed by atoms with E-state index in [-0.39, 0.29) is 11.9 Å². The fourth-order valence-electron chi connectivity index (χ4n) is 2.51. The van der Waals surface area contributed by atoms with E-state index < -0.39 is 0 Å². The van der Waals surface area contributed by atoms with Crippen molar-refractivity contribution in [3.63, 3.8) is 0 Å². The molecular weight excluding hydrogens is 309 g/mol. The van der Waals surface area contributed by atoms with Crippen LogP contribution in [0.5, 0.6) is 0 Å². The van der Waals surface area contributed by atoms with Crippen LogP contribution >= 0.6 is 23.2 Å². The van der Waals surface area contributed by atoms with E-state index in [1.165, 1.54) is 0 Å². The summed E-state index contributed by atoms with van der Waals surface area (Å²) in [7, 11) is 0. The van der Waals surface area contributed by atoms with Crippen molar-refractivity contribution in [1.29, 1.82) is 5.26 Å². The van der Waals surface area contributed by atoms with Gasteiger partial charge < -0.3 is 4.90 Å². The molecule has 0 aliphatic carbocycles. The first-order chi connectivity index (χ1) is 10.1. The number of nitriles is 1. The first-order valence-corrected chi connectivity index (χ1v) is 7.71. The minimum Gasteiger partial charge on any atom is -0.336 e. The van der Waals surface area contributed by atoms with Crippen molar-refractivity contribution in [2.45, 2.75) is 19.4 Å². The molecule has 1 aromatic rings. The van der Waals surface area contributed by atoms with Gasteiger partial charge in [-0.2, -0.15) is 5.26 Å². The summed E-state index contributed by atoms with van der Waals surface area (Å²) in [5, 5.41) is 9.78. The van der Waals surface area contributed by atoms with Gasteiger partial charge in [0.25, 0.3) is 5.91 Å². The van der Waals surface area contributed by atoms with Crippen molar-refractivity contribution in [2.24, 2.45) is 0 Å². The lowest BCUT2D eigenvalue weighted by molar-refractivity contribution is 0.0604. The summed E-state index contributed by atoms with van der Waals surface area (Å²) in [5.41, 5.74) is 0.435. The number of carbonyl (C=O) groups excluding carboxylic acids is 1. The largest absolute Gasteiger partial charge is 0.336 e. The number of benzene rings is 1. The summed E-state index contributed by atoms with van der Waals surface area (Å²) in [6, 6.07) is 7.30. The van der Waals surface area contributed by atoms with Gasteiger partial charge in [0, 0.05) is 26.2 Å². The number of carbonyl (C=O) groups is 1. The van der Waals surface area contributed by atoms with Crippen molar-refractivity contribution >= 4 is 29.1 Å². The van der Waals surface area contributed by atoms with Crippen LogP contribution in [-0.4, -0.2) is 47.9 Å². The average molecular weight is 326 g/mol. The van der Waals surface area contributed by atoms with Crippen LogP contribution in [0.1, 0.15) is 23.7 Å². The molecule has 21 heavy (non-hydrogen) atoms. The maximum absolute atomic E-state index is 12.5. The molecule has 4 nitrogen and oxygen atoms in total. The monoisotopic (exact) mass is 325 g/mol. The van der Waals surface area contributed by atoms with E-state index in [1.54, 1.807) is 23.1 Å². The molecule has 6 heteroatoms. The van der Waals surface area contributed by atoms with Crippen LogP contribution in [0.2, 0.25) is 10.0 Å². The summed E-state index contributed by atoms with van der Waals surface area (Å²) in [4.78, 5) is 16.4.